The third kappa shape index (κ3) is 3.39. The standard InChI is InChI=1S/C14H15F2NO3/c1-8(18)9-5-11(15)14(12(16)6-9)17-13(19)7-10-3-2-4-20-10/h5-6,10H,2-4,7H2,1H3,(H,17,19)/t10-/m1/s1. The van der Waals surface area contributed by atoms with Crippen LogP contribution in [-0.4, -0.2) is 24.4 Å². The first-order valence-corrected chi connectivity index (χ1v) is 6.39. The van der Waals surface area contributed by atoms with Crippen molar-refractivity contribution in [2.75, 3.05) is 11.9 Å². The third-order valence-corrected chi connectivity index (χ3v) is 3.15. The first-order chi connectivity index (χ1) is 9.47. The minimum absolute atomic E-state index is 0.0628. The molecule has 108 valence electrons. The van der Waals surface area contributed by atoms with E-state index in [0.29, 0.717) is 6.61 Å². The summed E-state index contributed by atoms with van der Waals surface area (Å²) in [5.41, 5.74) is -0.602. The van der Waals surface area contributed by atoms with Crippen LogP contribution >= 0.6 is 0 Å². The van der Waals surface area contributed by atoms with Gasteiger partial charge in [0.15, 0.2) is 5.78 Å². The summed E-state index contributed by atoms with van der Waals surface area (Å²) in [6.45, 7) is 1.82. The number of rotatable bonds is 4. The lowest BCUT2D eigenvalue weighted by molar-refractivity contribution is -0.118. The van der Waals surface area contributed by atoms with Crippen LogP contribution in [0.4, 0.5) is 14.5 Å². The number of amides is 1. The molecule has 1 atom stereocenters. The van der Waals surface area contributed by atoms with E-state index < -0.39 is 29.0 Å². The van der Waals surface area contributed by atoms with Gasteiger partial charge in [-0.05, 0) is 31.9 Å². The van der Waals surface area contributed by atoms with Gasteiger partial charge in [-0.15, -0.1) is 0 Å². The Labute approximate surface area is 115 Å². The van der Waals surface area contributed by atoms with Gasteiger partial charge in [-0.2, -0.15) is 0 Å². The fraction of sp³-hybridized carbons (Fsp3) is 0.429. The number of hydrogen-bond acceptors (Lipinski definition) is 3. The summed E-state index contributed by atoms with van der Waals surface area (Å²) in [5, 5.41) is 2.19. The van der Waals surface area contributed by atoms with Crippen molar-refractivity contribution in [2.24, 2.45) is 0 Å². The lowest BCUT2D eigenvalue weighted by Crippen LogP contribution is -2.20. The molecule has 20 heavy (non-hydrogen) atoms. The number of carbonyl (C=O) groups excluding carboxylic acids is 2. The van der Waals surface area contributed by atoms with E-state index in [9.17, 15) is 18.4 Å². The SMILES string of the molecule is CC(=O)c1cc(F)c(NC(=O)C[C@H]2CCCO2)c(F)c1. The highest BCUT2D eigenvalue weighted by molar-refractivity contribution is 5.96. The highest BCUT2D eigenvalue weighted by atomic mass is 19.1. The molecule has 1 N–H and O–H groups in total. The van der Waals surface area contributed by atoms with E-state index in [4.69, 9.17) is 4.74 Å². The molecule has 1 aromatic rings. The Morgan fingerprint density at radius 2 is 2.00 bits per heavy atom. The van der Waals surface area contributed by atoms with Crippen molar-refractivity contribution in [1.29, 1.82) is 0 Å². The second-order valence-corrected chi connectivity index (χ2v) is 4.76. The Morgan fingerprint density at radius 1 is 1.35 bits per heavy atom. The largest absolute Gasteiger partial charge is 0.378 e. The zero-order valence-corrected chi connectivity index (χ0v) is 11.0. The van der Waals surface area contributed by atoms with E-state index in [1.807, 2.05) is 0 Å². The Kier molecular flexibility index (Phi) is 4.44. The number of benzene rings is 1. The van der Waals surface area contributed by atoms with Crippen LogP contribution in [-0.2, 0) is 9.53 Å². The number of halogens is 2. The predicted molar refractivity (Wildman–Crippen MR) is 68.6 cm³/mol. The Morgan fingerprint density at radius 3 is 2.50 bits per heavy atom. The van der Waals surface area contributed by atoms with Gasteiger partial charge in [0.05, 0.1) is 12.5 Å². The first kappa shape index (κ1) is 14.6. The van der Waals surface area contributed by atoms with Crippen molar-refractivity contribution >= 4 is 17.4 Å². The summed E-state index contributed by atoms with van der Waals surface area (Å²) >= 11 is 0. The topological polar surface area (TPSA) is 55.4 Å². The van der Waals surface area contributed by atoms with Crippen LogP contribution in [0.5, 0.6) is 0 Å². The molecular weight excluding hydrogens is 268 g/mol. The van der Waals surface area contributed by atoms with E-state index in [-0.39, 0.29) is 18.1 Å². The molecule has 0 aromatic heterocycles. The summed E-state index contributed by atoms with van der Waals surface area (Å²) in [6.07, 6.45) is 1.51. The number of carbonyl (C=O) groups is 2. The molecule has 1 aliphatic heterocycles. The van der Waals surface area contributed by atoms with Crippen LogP contribution in [0.15, 0.2) is 12.1 Å². The van der Waals surface area contributed by atoms with Crippen molar-refractivity contribution in [3.63, 3.8) is 0 Å². The maximum atomic E-state index is 13.7. The average Bonchev–Trinajstić information content (AvgIpc) is 2.86. The van der Waals surface area contributed by atoms with Gasteiger partial charge in [-0.25, -0.2) is 8.78 Å². The average molecular weight is 283 g/mol. The van der Waals surface area contributed by atoms with Crippen LogP contribution in [0.2, 0.25) is 0 Å². The molecule has 1 aliphatic rings. The van der Waals surface area contributed by atoms with Crippen LogP contribution < -0.4 is 5.32 Å². The number of hydrogen-bond donors (Lipinski definition) is 1. The minimum Gasteiger partial charge on any atom is -0.378 e. The lowest BCUT2D eigenvalue weighted by atomic mass is 10.1. The molecule has 0 spiro atoms. The molecule has 1 fully saturated rings. The van der Waals surface area contributed by atoms with Gasteiger partial charge in [0.25, 0.3) is 0 Å². The third-order valence-electron chi connectivity index (χ3n) is 3.15. The van der Waals surface area contributed by atoms with Crippen LogP contribution in [0.3, 0.4) is 0 Å². The van der Waals surface area contributed by atoms with Gasteiger partial charge in [0, 0.05) is 12.2 Å². The molecule has 0 saturated carbocycles. The van der Waals surface area contributed by atoms with Gasteiger partial charge >= 0.3 is 0 Å². The van der Waals surface area contributed by atoms with E-state index in [1.54, 1.807) is 0 Å². The summed E-state index contributed by atoms with van der Waals surface area (Å²) in [7, 11) is 0. The molecule has 0 unspecified atom stereocenters. The highest BCUT2D eigenvalue weighted by Crippen LogP contribution is 2.22. The molecule has 1 saturated heterocycles. The Bertz CT molecular complexity index is 516. The van der Waals surface area contributed by atoms with E-state index in [1.165, 1.54) is 6.92 Å². The lowest BCUT2D eigenvalue weighted by Gasteiger charge is -2.11. The van der Waals surface area contributed by atoms with Crippen molar-refractivity contribution in [1.82, 2.24) is 0 Å². The van der Waals surface area contributed by atoms with Crippen molar-refractivity contribution < 1.29 is 23.1 Å². The molecule has 4 nitrogen and oxygen atoms in total. The summed E-state index contributed by atoms with van der Waals surface area (Å²) in [4.78, 5) is 22.8. The van der Waals surface area contributed by atoms with Gasteiger partial charge in [-0.3, -0.25) is 9.59 Å². The molecule has 1 heterocycles. The monoisotopic (exact) mass is 283 g/mol. The Balaban J connectivity index is 2.08. The second kappa shape index (κ2) is 6.09. The van der Waals surface area contributed by atoms with E-state index in [2.05, 4.69) is 5.32 Å². The Hall–Kier alpha value is -1.82. The molecule has 1 amide bonds. The quantitative estimate of drug-likeness (QED) is 0.864. The molecule has 1 aromatic carbocycles. The van der Waals surface area contributed by atoms with Gasteiger partial charge in [0.1, 0.15) is 17.3 Å². The van der Waals surface area contributed by atoms with Crippen molar-refractivity contribution in [2.45, 2.75) is 32.3 Å². The van der Waals surface area contributed by atoms with Crippen LogP contribution in [0, 0.1) is 11.6 Å². The normalized spacial score (nSPS) is 18.1. The number of ketones is 1. The van der Waals surface area contributed by atoms with E-state index >= 15 is 0 Å². The van der Waals surface area contributed by atoms with Crippen molar-refractivity contribution in [3.8, 4) is 0 Å². The van der Waals surface area contributed by atoms with Crippen LogP contribution in [0.1, 0.15) is 36.5 Å². The summed E-state index contributed by atoms with van der Waals surface area (Å²) < 4.78 is 32.7. The maximum absolute atomic E-state index is 13.7. The van der Waals surface area contributed by atoms with E-state index in [0.717, 1.165) is 25.0 Å². The molecule has 6 heteroatoms. The zero-order chi connectivity index (χ0) is 14.7. The van der Waals surface area contributed by atoms with Gasteiger partial charge in [-0.1, -0.05) is 0 Å². The fourth-order valence-corrected chi connectivity index (χ4v) is 2.10. The smallest absolute Gasteiger partial charge is 0.227 e. The highest BCUT2D eigenvalue weighted by Gasteiger charge is 2.21. The zero-order valence-electron chi connectivity index (χ0n) is 11.0. The fourth-order valence-electron chi connectivity index (χ4n) is 2.10. The number of Topliss-reactive ketones (excluding diaryl/α,β-unsaturated/α-hetero) is 1. The molecule has 0 bridgehead atoms. The predicted octanol–water partition coefficient (Wildman–Crippen LogP) is 2.68. The molecule has 0 radical (unpaired) electrons. The van der Waals surface area contributed by atoms with Crippen molar-refractivity contribution in [3.05, 3.63) is 29.3 Å². The van der Waals surface area contributed by atoms with Crippen LogP contribution in [0.25, 0.3) is 0 Å². The maximum Gasteiger partial charge on any atom is 0.227 e. The number of ether oxygens (including phenoxy) is 1. The molecular formula is C14H15F2NO3. The molecule has 0 aliphatic carbocycles. The second-order valence-electron chi connectivity index (χ2n) is 4.76. The summed E-state index contributed by atoms with van der Waals surface area (Å²) in [5.74, 6) is -2.88. The number of nitrogens with one attached hydrogen (secondary N) is 1. The first-order valence-electron chi connectivity index (χ1n) is 6.39. The minimum atomic E-state index is -0.962. The van der Waals surface area contributed by atoms with Gasteiger partial charge in [0.2, 0.25) is 5.91 Å². The molecule has 2 rings (SSSR count). The summed E-state index contributed by atoms with van der Waals surface area (Å²) in [6, 6.07) is 1.82. The number of anilines is 1. The van der Waals surface area contributed by atoms with Gasteiger partial charge < -0.3 is 10.1 Å².